The van der Waals surface area contributed by atoms with Crippen LogP contribution in [0, 0.1) is 0 Å². The second kappa shape index (κ2) is 11.5. The van der Waals surface area contributed by atoms with Crippen LogP contribution < -0.4 is 0 Å². The fourth-order valence-corrected chi connectivity index (χ4v) is 5.08. The monoisotopic (exact) mass is 544 g/mol. The van der Waals surface area contributed by atoms with E-state index in [1.807, 2.05) is 60.7 Å². The highest BCUT2D eigenvalue weighted by molar-refractivity contribution is 7.86. The molecule has 0 spiro atoms. The lowest BCUT2D eigenvalue weighted by atomic mass is 10.1. The average molecular weight is 545 g/mol. The highest BCUT2D eigenvalue weighted by atomic mass is 32.2. The summed E-state index contributed by atoms with van der Waals surface area (Å²) in [6.45, 7) is 0. The molecule has 0 bridgehead atoms. The molecule has 4 aromatic carbocycles. The molecule has 0 radical (unpaired) electrons. The number of rotatable bonds is 8. The van der Waals surface area contributed by atoms with Crippen molar-refractivity contribution >= 4 is 56.7 Å². The molecule has 0 aliphatic carbocycles. The van der Waals surface area contributed by atoms with Gasteiger partial charge in [-0.3, -0.25) is 9.11 Å². The van der Waals surface area contributed by atoms with Crippen LogP contribution in [0.3, 0.4) is 0 Å². The van der Waals surface area contributed by atoms with Gasteiger partial charge in [0.15, 0.2) is 0 Å². The van der Waals surface area contributed by atoms with E-state index in [-0.39, 0.29) is 9.79 Å². The van der Waals surface area contributed by atoms with E-state index in [0.717, 1.165) is 22.3 Å². The van der Waals surface area contributed by atoms with Crippen LogP contribution in [0.15, 0.2) is 107 Å². The molecule has 6 nitrogen and oxygen atoms in total. The Kier molecular flexibility index (Phi) is 8.19. The Morgan fingerprint density at radius 1 is 0.395 bits per heavy atom. The third-order valence-corrected chi connectivity index (χ3v) is 7.50. The van der Waals surface area contributed by atoms with Crippen molar-refractivity contribution in [3.8, 4) is 0 Å². The van der Waals surface area contributed by atoms with Gasteiger partial charge in [0.1, 0.15) is 9.79 Å². The maximum absolute atomic E-state index is 11.5. The summed E-state index contributed by atoms with van der Waals surface area (Å²) in [5.74, 6) is 0. The molecular weight excluding hydrogens is 520 g/mol. The minimum atomic E-state index is -4.30. The lowest BCUT2D eigenvalue weighted by Crippen LogP contribution is -2.00. The molecule has 0 fully saturated rings. The fraction of sp³-hybridized carbons (Fsp3) is 0. The molecule has 0 unspecified atom stereocenters. The highest BCUT2D eigenvalue weighted by Gasteiger charge is 2.13. The normalized spacial score (nSPS) is 12.6. The van der Waals surface area contributed by atoms with Gasteiger partial charge in [0.2, 0.25) is 0 Å². The summed E-state index contributed by atoms with van der Waals surface area (Å²) >= 11 is 0. The van der Waals surface area contributed by atoms with Gasteiger partial charge in [0.25, 0.3) is 20.2 Å². The molecule has 192 valence electrons. The van der Waals surface area contributed by atoms with Crippen molar-refractivity contribution in [2.75, 3.05) is 0 Å². The van der Waals surface area contributed by atoms with Gasteiger partial charge in [0, 0.05) is 0 Å². The zero-order valence-corrected chi connectivity index (χ0v) is 21.7. The highest BCUT2D eigenvalue weighted by Crippen LogP contribution is 2.20. The van der Waals surface area contributed by atoms with E-state index >= 15 is 0 Å². The van der Waals surface area contributed by atoms with E-state index in [2.05, 4.69) is 0 Å². The smallest absolute Gasteiger partial charge is 0.282 e. The Labute approximate surface area is 222 Å². The van der Waals surface area contributed by atoms with E-state index in [1.165, 1.54) is 12.1 Å². The number of benzene rings is 4. The minimum Gasteiger partial charge on any atom is -0.282 e. The van der Waals surface area contributed by atoms with Crippen molar-refractivity contribution in [2.24, 2.45) is 0 Å². The van der Waals surface area contributed by atoms with Gasteiger partial charge in [-0.25, -0.2) is 0 Å². The quantitative estimate of drug-likeness (QED) is 0.189. The largest absolute Gasteiger partial charge is 0.295 e. The minimum absolute atomic E-state index is 0.139. The second-order valence-electron chi connectivity index (χ2n) is 8.36. The first-order valence-corrected chi connectivity index (χ1v) is 14.3. The van der Waals surface area contributed by atoms with E-state index in [1.54, 1.807) is 60.7 Å². The van der Waals surface area contributed by atoms with Gasteiger partial charge >= 0.3 is 0 Å². The molecule has 4 aromatic rings. The number of hydrogen-bond donors (Lipinski definition) is 2. The molecule has 38 heavy (non-hydrogen) atoms. The summed E-state index contributed by atoms with van der Waals surface area (Å²) in [6, 6.07) is 27.9. The Bertz CT molecular complexity index is 1600. The predicted octanol–water partition coefficient (Wildman–Crippen LogP) is 6.69. The molecule has 0 heterocycles. The Balaban J connectivity index is 1.42. The molecule has 0 amide bonds. The van der Waals surface area contributed by atoms with Gasteiger partial charge < -0.3 is 0 Å². The zero-order valence-electron chi connectivity index (χ0n) is 20.0. The van der Waals surface area contributed by atoms with E-state index in [0.29, 0.717) is 11.1 Å². The standard InChI is InChI=1S/C30H24O6S2/c31-37(32,33)29-7-3-1-5-27(29)21-19-25-15-11-23(12-16-25)9-10-24-13-17-26(18-14-24)20-22-28-6-2-4-8-30(28)38(34,35)36/h1-22H,(H,31,32,33)(H,34,35,36)/b10-9+,21-19+,22-20+. The van der Waals surface area contributed by atoms with Crippen molar-refractivity contribution in [1.82, 2.24) is 0 Å². The fourth-order valence-electron chi connectivity index (χ4n) is 3.71. The topological polar surface area (TPSA) is 109 Å². The zero-order chi connectivity index (χ0) is 27.2. The lowest BCUT2D eigenvalue weighted by molar-refractivity contribution is 0.480. The number of hydrogen-bond acceptors (Lipinski definition) is 4. The third kappa shape index (κ3) is 7.24. The maximum atomic E-state index is 11.5. The van der Waals surface area contributed by atoms with Crippen LogP contribution in [0.5, 0.6) is 0 Å². The van der Waals surface area contributed by atoms with Crippen molar-refractivity contribution in [3.63, 3.8) is 0 Å². The van der Waals surface area contributed by atoms with Gasteiger partial charge in [-0.15, -0.1) is 0 Å². The molecule has 0 atom stereocenters. The summed E-state index contributed by atoms with van der Waals surface area (Å²) in [5, 5.41) is 0. The molecule has 0 aliphatic heterocycles. The first kappa shape index (κ1) is 27.0. The molecule has 0 aliphatic rings. The molecule has 0 saturated carbocycles. The molecular formula is C30H24O6S2. The average Bonchev–Trinajstić information content (AvgIpc) is 2.90. The predicted molar refractivity (Wildman–Crippen MR) is 152 cm³/mol. The second-order valence-corrected chi connectivity index (χ2v) is 11.1. The maximum Gasteiger partial charge on any atom is 0.295 e. The first-order valence-electron chi connectivity index (χ1n) is 11.5. The van der Waals surface area contributed by atoms with E-state index < -0.39 is 20.2 Å². The van der Waals surface area contributed by atoms with Crippen LogP contribution in [0.1, 0.15) is 33.4 Å². The Morgan fingerprint density at radius 3 is 0.947 bits per heavy atom. The molecule has 0 saturated heterocycles. The molecule has 2 N–H and O–H groups in total. The summed E-state index contributed by atoms with van der Waals surface area (Å²) in [6.07, 6.45) is 10.8. The molecule has 4 rings (SSSR count). The molecule has 0 aromatic heterocycles. The van der Waals surface area contributed by atoms with Crippen LogP contribution in [-0.4, -0.2) is 25.9 Å². The Hall–Kier alpha value is -4.08. The first-order chi connectivity index (χ1) is 18.1. The van der Waals surface area contributed by atoms with Gasteiger partial charge in [-0.05, 0) is 45.5 Å². The summed E-state index contributed by atoms with van der Waals surface area (Å²) in [4.78, 5) is -0.277. The van der Waals surface area contributed by atoms with Gasteiger partial charge in [-0.2, -0.15) is 16.8 Å². The van der Waals surface area contributed by atoms with Crippen molar-refractivity contribution in [1.29, 1.82) is 0 Å². The van der Waals surface area contributed by atoms with Crippen molar-refractivity contribution < 1.29 is 25.9 Å². The van der Waals surface area contributed by atoms with Gasteiger partial charge in [-0.1, -0.05) is 121 Å². The van der Waals surface area contributed by atoms with Crippen LogP contribution in [0.4, 0.5) is 0 Å². The van der Waals surface area contributed by atoms with Crippen LogP contribution in [-0.2, 0) is 20.2 Å². The van der Waals surface area contributed by atoms with Crippen LogP contribution >= 0.6 is 0 Å². The third-order valence-electron chi connectivity index (χ3n) is 5.65. The summed E-state index contributed by atoms with van der Waals surface area (Å²) < 4.78 is 64.9. The van der Waals surface area contributed by atoms with E-state index in [4.69, 9.17) is 0 Å². The van der Waals surface area contributed by atoms with Crippen molar-refractivity contribution in [3.05, 3.63) is 130 Å². The summed E-state index contributed by atoms with van der Waals surface area (Å²) in [7, 11) is -8.60. The van der Waals surface area contributed by atoms with E-state index in [9.17, 15) is 25.9 Å². The van der Waals surface area contributed by atoms with Crippen LogP contribution in [0.25, 0.3) is 36.5 Å². The Morgan fingerprint density at radius 2 is 0.658 bits per heavy atom. The molecule has 8 heteroatoms. The van der Waals surface area contributed by atoms with Crippen molar-refractivity contribution in [2.45, 2.75) is 9.79 Å². The van der Waals surface area contributed by atoms with Crippen LogP contribution in [0.2, 0.25) is 0 Å². The lowest BCUT2D eigenvalue weighted by Gasteiger charge is -2.02. The van der Waals surface area contributed by atoms with Gasteiger partial charge in [0.05, 0.1) is 0 Å². The SMILES string of the molecule is O=S(=O)(O)c1ccccc1/C=C/c1ccc(/C=C/c2ccc(/C=C/c3ccccc3S(=O)(=O)O)cc2)cc1. The summed E-state index contributed by atoms with van der Waals surface area (Å²) in [5.41, 5.74) is 4.51.